The number of nitrogens with one attached hydrogen (secondary N) is 2. The number of alkyl halides is 1. The lowest BCUT2D eigenvalue weighted by atomic mass is 9.92. The zero-order chi connectivity index (χ0) is 36.1. The summed E-state index contributed by atoms with van der Waals surface area (Å²) in [6, 6.07) is -1.16. The van der Waals surface area contributed by atoms with E-state index >= 15 is 0 Å². The summed E-state index contributed by atoms with van der Waals surface area (Å²) in [5.41, 5.74) is -0.724. The van der Waals surface area contributed by atoms with Crippen molar-refractivity contribution in [3.05, 3.63) is 12.4 Å². The molecule has 2 aliphatic heterocycles. The van der Waals surface area contributed by atoms with Gasteiger partial charge in [0.2, 0.25) is 5.91 Å². The van der Waals surface area contributed by atoms with Gasteiger partial charge in [-0.3, -0.25) is 14.3 Å². The molecule has 1 unspecified atom stereocenters. The minimum absolute atomic E-state index is 0.205. The Morgan fingerprint density at radius 2 is 1.66 bits per heavy atom. The van der Waals surface area contributed by atoms with Crippen LogP contribution in [0, 0.1) is 5.92 Å². The van der Waals surface area contributed by atoms with Gasteiger partial charge in [0.25, 0.3) is 0 Å². The fourth-order valence-electron chi connectivity index (χ4n) is 7.21. The number of aliphatic hydroxyl groups is 2. The first-order chi connectivity index (χ1) is 24.2. The highest BCUT2D eigenvalue weighted by Gasteiger charge is 2.50. The minimum Gasteiger partial charge on any atom is -0.456 e. The van der Waals surface area contributed by atoms with Crippen LogP contribution in [0.1, 0.15) is 136 Å². The van der Waals surface area contributed by atoms with E-state index in [4.69, 9.17) is 21.1 Å². The van der Waals surface area contributed by atoms with Gasteiger partial charge in [-0.15, -0.1) is 28.5 Å². The number of hydrogen-bond donors (Lipinski definition) is 4. The summed E-state index contributed by atoms with van der Waals surface area (Å²) in [6.45, 7) is 5.54. The summed E-state index contributed by atoms with van der Waals surface area (Å²) in [5.74, 6) is -0.100. The number of carbonyl (C=O) groups is 2. The van der Waals surface area contributed by atoms with Crippen LogP contribution in [-0.4, -0.2) is 97.2 Å². The van der Waals surface area contributed by atoms with Crippen LogP contribution in [-0.2, 0) is 25.6 Å². The quantitative estimate of drug-likeness (QED) is 0.0554. The molecule has 0 radical (unpaired) electrons. The zero-order valence-corrected chi connectivity index (χ0v) is 32.4. The first-order valence-corrected chi connectivity index (χ1v) is 21.2. The van der Waals surface area contributed by atoms with E-state index in [9.17, 15) is 19.8 Å². The third-order valence-corrected chi connectivity index (χ3v) is 11.4. The lowest BCUT2D eigenvalue weighted by Crippen LogP contribution is -2.65. The number of unbranched alkanes of at least 4 members (excludes halogenated alkanes) is 12. The molecule has 288 valence electrons. The highest BCUT2D eigenvalue weighted by molar-refractivity contribution is 7.99. The van der Waals surface area contributed by atoms with Crippen LogP contribution in [0.3, 0.4) is 0 Å². The van der Waals surface area contributed by atoms with Gasteiger partial charge in [0.15, 0.2) is 6.10 Å². The number of aliphatic hydroxyl groups excluding tert-OH is 2. The molecule has 2 aliphatic rings. The molecule has 1 aromatic heterocycles. The summed E-state index contributed by atoms with van der Waals surface area (Å²) in [5, 5.41) is 36.0. The number of carbonyl (C=O) groups excluding carboxylic acids is 2. The molecular formula is C37H66ClN5O6S. The Bertz CT molecular complexity index is 1050. The summed E-state index contributed by atoms with van der Waals surface area (Å²) < 4.78 is 13.8. The number of thioether (sulfide) groups is 1. The standard InChI is InChI=1S/C37H66ClN5O6S/c1-4-5-6-7-8-9-10-11-12-13-14-15-16-19-30(44)48-35-33(46)32(45)34(49-37(35)50-3)31(27(2)38)41-36(47)29-21-20-28(22-23-39-29)18-17-25-43-26-24-40-42-43/h24,26-29,31-35,37,39,45-46H,4-23,25H2,1-3H3,(H,41,47)/t27-,28-,29-,31+,32+,33-,34?,35+,37+/m0/s1. The fraction of sp³-hybridized carbons (Fsp3) is 0.892. The van der Waals surface area contributed by atoms with Gasteiger partial charge in [-0.25, -0.2) is 0 Å². The van der Waals surface area contributed by atoms with Crippen molar-refractivity contribution in [3.8, 4) is 0 Å². The average molecular weight is 744 g/mol. The molecule has 13 heteroatoms. The van der Waals surface area contributed by atoms with Gasteiger partial charge in [-0.1, -0.05) is 89.2 Å². The molecule has 50 heavy (non-hydrogen) atoms. The second kappa shape index (κ2) is 24.7. The van der Waals surface area contributed by atoms with Crippen molar-refractivity contribution in [2.45, 2.75) is 190 Å². The van der Waals surface area contributed by atoms with Gasteiger partial charge in [0, 0.05) is 19.2 Å². The second-order valence-corrected chi connectivity index (χ2v) is 16.0. The molecule has 9 atom stereocenters. The Balaban J connectivity index is 1.38. The number of aryl methyl sites for hydroxylation is 1. The molecule has 0 saturated carbocycles. The molecule has 2 fully saturated rings. The van der Waals surface area contributed by atoms with Crippen molar-refractivity contribution in [3.63, 3.8) is 0 Å². The maximum absolute atomic E-state index is 13.5. The lowest BCUT2D eigenvalue weighted by Gasteiger charge is -2.45. The van der Waals surface area contributed by atoms with Crippen LogP contribution in [0.5, 0.6) is 0 Å². The predicted molar refractivity (Wildman–Crippen MR) is 200 cm³/mol. The maximum Gasteiger partial charge on any atom is 0.306 e. The molecule has 1 aromatic rings. The fourth-order valence-corrected chi connectivity index (χ4v) is 8.14. The van der Waals surface area contributed by atoms with E-state index in [1.807, 2.05) is 10.9 Å². The van der Waals surface area contributed by atoms with E-state index in [0.29, 0.717) is 12.3 Å². The van der Waals surface area contributed by atoms with Crippen molar-refractivity contribution >= 4 is 35.2 Å². The smallest absolute Gasteiger partial charge is 0.306 e. The third-order valence-electron chi connectivity index (χ3n) is 10.3. The number of aromatic nitrogens is 3. The Morgan fingerprint density at radius 1 is 1.00 bits per heavy atom. The SMILES string of the molecule is CCCCCCCCCCCCCCCC(=O)O[C@@H]1[C@@H](O)[C@@H](O)C([C@H](NC(=O)[C@@H]2CC[C@H](CCCn3ccnn3)CCN2)[C@H](C)Cl)O[C@@H]1SC. The lowest BCUT2D eigenvalue weighted by molar-refractivity contribution is -0.218. The topological polar surface area (TPSA) is 148 Å². The molecular weight excluding hydrogens is 678 g/mol. The number of nitrogens with zero attached hydrogens (tertiary/aromatic N) is 3. The molecule has 1 amide bonds. The van der Waals surface area contributed by atoms with Crippen LogP contribution in [0.25, 0.3) is 0 Å². The summed E-state index contributed by atoms with van der Waals surface area (Å²) >= 11 is 7.86. The molecule has 11 nitrogen and oxygen atoms in total. The number of rotatable bonds is 24. The summed E-state index contributed by atoms with van der Waals surface area (Å²) in [6.07, 6.45) is 21.3. The van der Waals surface area contributed by atoms with Gasteiger partial charge in [-0.05, 0) is 64.2 Å². The first-order valence-electron chi connectivity index (χ1n) is 19.5. The van der Waals surface area contributed by atoms with E-state index in [2.05, 4.69) is 27.9 Å². The molecule has 4 N–H and O–H groups in total. The van der Waals surface area contributed by atoms with Crippen LogP contribution >= 0.6 is 23.4 Å². The number of halogens is 1. The summed E-state index contributed by atoms with van der Waals surface area (Å²) in [4.78, 5) is 26.2. The average Bonchev–Trinajstić information content (AvgIpc) is 3.51. The van der Waals surface area contributed by atoms with E-state index in [1.165, 1.54) is 76.0 Å². The van der Waals surface area contributed by atoms with Gasteiger partial charge < -0.3 is 30.3 Å². The molecule has 0 aromatic carbocycles. The zero-order valence-electron chi connectivity index (χ0n) is 30.9. The Labute approximate surface area is 310 Å². The highest BCUT2D eigenvalue weighted by atomic mass is 35.5. The molecule has 0 aliphatic carbocycles. The molecule has 2 saturated heterocycles. The molecule has 3 heterocycles. The van der Waals surface area contributed by atoms with E-state index in [0.717, 1.165) is 58.0 Å². The largest absolute Gasteiger partial charge is 0.456 e. The molecule has 0 spiro atoms. The van der Waals surface area contributed by atoms with Crippen LogP contribution in [0.4, 0.5) is 0 Å². The van der Waals surface area contributed by atoms with Crippen molar-refractivity contribution in [1.82, 2.24) is 25.6 Å². The van der Waals surface area contributed by atoms with Crippen molar-refractivity contribution in [2.75, 3.05) is 12.8 Å². The monoisotopic (exact) mass is 743 g/mol. The predicted octanol–water partition coefficient (Wildman–Crippen LogP) is 6.13. The Morgan fingerprint density at radius 3 is 2.26 bits per heavy atom. The Kier molecular flexibility index (Phi) is 21.3. The van der Waals surface area contributed by atoms with Crippen molar-refractivity contribution in [2.24, 2.45) is 5.92 Å². The van der Waals surface area contributed by atoms with Crippen molar-refractivity contribution in [1.29, 1.82) is 0 Å². The van der Waals surface area contributed by atoms with Crippen molar-refractivity contribution < 1.29 is 29.3 Å². The van der Waals surface area contributed by atoms with E-state index in [-0.39, 0.29) is 12.3 Å². The number of esters is 1. The van der Waals surface area contributed by atoms with Gasteiger partial charge in [0.1, 0.15) is 23.7 Å². The Hall–Kier alpha value is -1.44. The minimum atomic E-state index is -1.41. The first kappa shape index (κ1) is 43.0. The molecule has 3 rings (SSSR count). The third kappa shape index (κ3) is 15.3. The highest BCUT2D eigenvalue weighted by Crippen LogP contribution is 2.33. The van der Waals surface area contributed by atoms with Gasteiger partial charge in [0.05, 0.1) is 23.7 Å². The van der Waals surface area contributed by atoms with E-state index < -0.39 is 53.3 Å². The van der Waals surface area contributed by atoms with Gasteiger partial charge >= 0.3 is 5.97 Å². The maximum atomic E-state index is 13.5. The van der Waals surface area contributed by atoms with Crippen LogP contribution < -0.4 is 10.6 Å². The van der Waals surface area contributed by atoms with Gasteiger partial charge in [-0.2, -0.15) is 0 Å². The number of ether oxygens (including phenoxy) is 2. The molecule has 0 bridgehead atoms. The number of hydrogen-bond acceptors (Lipinski definition) is 10. The number of amides is 1. The van der Waals surface area contributed by atoms with Crippen LogP contribution in [0.2, 0.25) is 0 Å². The van der Waals surface area contributed by atoms with E-state index in [1.54, 1.807) is 19.4 Å². The second-order valence-electron chi connectivity index (χ2n) is 14.4. The van der Waals surface area contributed by atoms with Crippen LogP contribution in [0.15, 0.2) is 12.4 Å². The normalized spacial score (nSPS) is 27.0. The summed E-state index contributed by atoms with van der Waals surface area (Å²) in [7, 11) is 0.